The molecule has 5 rings (SSSR count). The average molecular weight is 468 g/mol. The third-order valence-electron chi connectivity index (χ3n) is 6.74. The van der Waals surface area contributed by atoms with E-state index >= 15 is 0 Å². The number of nitro groups is 1. The Morgan fingerprint density at radius 2 is 1.91 bits per heavy atom. The normalized spacial score (nSPS) is 21.1. The molecule has 2 N–H and O–H groups in total. The van der Waals surface area contributed by atoms with Crippen molar-refractivity contribution in [3.8, 4) is 5.75 Å². The highest BCUT2D eigenvalue weighted by atomic mass is 35.5. The minimum Gasteiger partial charge on any atom is -0.493 e. The van der Waals surface area contributed by atoms with Gasteiger partial charge in [-0.1, -0.05) is 18.2 Å². The number of hydrogen-bond donors (Lipinski definition) is 1. The SMILES string of the molecule is NC1CC(COc2ccccc2C2CCN(c3nc(Cl)nc4ccc([N+](=O)[O-])cc34)CC2)C1. The highest BCUT2D eigenvalue weighted by molar-refractivity contribution is 6.28. The molecule has 2 aromatic carbocycles. The first-order valence-corrected chi connectivity index (χ1v) is 11.7. The molecule has 9 heteroatoms. The van der Waals surface area contributed by atoms with Crippen LogP contribution >= 0.6 is 11.6 Å². The Balaban J connectivity index is 1.32. The maximum atomic E-state index is 11.3. The van der Waals surface area contributed by atoms with E-state index in [0.717, 1.165) is 44.5 Å². The van der Waals surface area contributed by atoms with Crippen molar-refractivity contribution < 1.29 is 9.66 Å². The molecule has 0 atom stereocenters. The lowest BCUT2D eigenvalue weighted by molar-refractivity contribution is -0.384. The fourth-order valence-corrected chi connectivity index (χ4v) is 5.08. The summed E-state index contributed by atoms with van der Waals surface area (Å²) >= 11 is 6.17. The predicted molar refractivity (Wildman–Crippen MR) is 128 cm³/mol. The van der Waals surface area contributed by atoms with Gasteiger partial charge in [0, 0.05) is 36.7 Å². The zero-order valence-electron chi connectivity index (χ0n) is 18.2. The lowest BCUT2D eigenvalue weighted by Crippen LogP contribution is -2.39. The number of rotatable bonds is 6. The molecule has 172 valence electrons. The van der Waals surface area contributed by atoms with E-state index in [1.807, 2.05) is 6.07 Å². The molecule has 1 saturated heterocycles. The van der Waals surface area contributed by atoms with E-state index in [4.69, 9.17) is 22.1 Å². The average Bonchev–Trinajstić information content (AvgIpc) is 2.80. The van der Waals surface area contributed by atoms with Crippen LogP contribution < -0.4 is 15.4 Å². The summed E-state index contributed by atoms with van der Waals surface area (Å²) in [7, 11) is 0. The number of fused-ring (bicyclic) bond motifs is 1. The van der Waals surface area contributed by atoms with Gasteiger partial charge in [-0.25, -0.2) is 4.98 Å². The van der Waals surface area contributed by atoms with Crippen LogP contribution in [-0.4, -0.2) is 40.6 Å². The van der Waals surface area contributed by atoms with Crippen molar-refractivity contribution in [2.45, 2.75) is 37.6 Å². The molecule has 1 aliphatic carbocycles. The first-order chi connectivity index (χ1) is 16.0. The number of halogens is 1. The Bertz CT molecular complexity index is 1180. The van der Waals surface area contributed by atoms with Gasteiger partial charge >= 0.3 is 0 Å². The number of nitrogens with two attached hydrogens (primary N) is 1. The van der Waals surface area contributed by atoms with Gasteiger partial charge in [0.05, 0.1) is 17.0 Å². The molecule has 33 heavy (non-hydrogen) atoms. The zero-order chi connectivity index (χ0) is 22.9. The molecular weight excluding hydrogens is 442 g/mol. The van der Waals surface area contributed by atoms with Crippen LogP contribution in [0.5, 0.6) is 5.75 Å². The Labute approximate surface area is 196 Å². The third kappa shape index (κ3) is 4.58. The highest BCUT2D eigenvalue weighted by Gasteiger charge is 2.28. The number of anilines is 1. The molecule has 2 heterocycles. The van der Waals surface area contributed by atoms with Gasteiger partial charge in [0.2, 0.25) is 5.28 Å². The number of nitro benzene ring substituents is 1. The van der Waals surface area contributed by atoms with Gasteiger partial charge < -0.3 is 15.4 Å². The minimum atomic E-state index is -0.404. The van der Waals surface area contributed by atoms with E-state index in [9.17, 15) is 10.1 Å². The van der Waals surface area contributed by atoms with Gasteiger partial charge in [-0.3, -0.25) is 10.1 Å². The summed E-state index contributed by atoms with van der Waals surface area (Å²) in [5.41, 5.74) is 7.76. The largest absolute Gasteiger partial charge is 0.493 e. The lowest BCUT2D eigenvalue weighted by Gasteiger charge is -2.35. The number of para-hydroxylation sites is 1. The van der Waals surface area contributed by atoms with E-state index in [-0.39, 0.29) is 11.0 Å². The van der Waals surface area contributed by atoms with Gasteiger partial charge in [0.25, 0.3) is 5.69 Å². The molecule has 3 aromatic rings. The number of piperidine rings is 1. The van der Waals surface area contributed by atoms with Crippen LogP contribution in [0.3, 0.4) is 0 Å². The second-order valence-electron chi connectivity index (χ2n) is 8.98. The van der Waals surface area contributed by atoms with Gasteiger partial charge in [0.15, 0.2) is 0 Å². The van der Waals surface area contributed by atoms with Crippen molar-refractivity contribution in [3.05, 3.63) is 63.4 Å². The first-order valence-electron chi connectivity index (χ1n) is 11.3. The number of benzene rings is 2. The summed E-state index contributed by atoms with van der Waals surface area (Å²) in [6.07, 6.45) is 3.92. The van der Waals surface area contributed by atoms with Crippen LogP contribution in [0.2, 0.25) is 5.28 Å². The van der Waals surface area contributed by atoms with Crippen LogP contribution in [0.1, 0.15) is 37.2 Å². The van der Waals surface area contributed by atoms with E-state index in [1.165, 1.54) is 17.7 Å². The van der Waals surface area contributed by atoms with E-state index in [0.29, 0.717) is 41.2 Å². The summed E-state index contributed by atoms with van der Waals surface area (Å²) < 4.78 is 6.19. The second-order valence-corrected chi connectivity index (χ2v) is 9.32. The lowest BCUT2D eigenvalue weighted by atomic mass is 9.81. The summed E-state index contributed by atoms with van der Waals surface area (Å²) in [6, 6.07) is 13.2. The smallest absolute Gasteiger partial charge is 0.270 e. The van der Waals surface area contributed by atoms with Crippen molar-refractivity contribution >= 4 is 34.0 Å². The van der Waals surface area contributed by atoms with Crippen molar-refractivity contribution in [2.24, 2.45) is 11.7 Å². The number of ether oxygens (including phenoxy) is 1. The number of non-ortho nitro benzene ring substituents is 1. The minimum absolute atomic E-state index is 0.0167. The number of aromatic nitrogens is 2. The topological polar surface area (TPSA) is 107 Å². The third-order valence-corrected chi connectivity index (χ3v) is 6.91. The van der Waals surface area contributed by atoms with Gasteiger partial charge in [-0.2, -0.15) is 4.98 Å². The Morgan fingerprint density at radius 1 is 1.15 bits per heavy atom. The van der Waals surface area contributed by atoms with Crippen molar-refractivity contribution in [3.63, 3.8) is 0 Å². The molecule has 1 aromatic heterocycles. The van der Waals surface area contributed by atoms with Crippen LogP contribution in [0.4, 0.5) is 11.5 Å². The monoisotopic (exact) mass is 467 g/mol. The Hall–Kier alpha value is -2.97. The zero-order valence-corrected chi connectivity index (χ0v) is 18.9. The first kappa shape index (κ1) is 21.9. The van der Waals surface area contributed by atoms with Crippen LogP contribution in [0, 0.1) is 16.0 Å². The summed E-state index contributed by atoms with van der Waals surface area (Å²) in [4.78, 5) is 21.7. The molecule has 0 unspecified atom stereocenters. The maximum Gasteiger partial charge on any atom is 0.270 e. The molecule has 2 fully saturated rings. The summed E-state index contributed by atoms with van der Waals surface area (Å²) in [5, 5.41) is 12.1. The van der Waals surface area contributed by atoms with Crippen LogP contribution in [0.25, 0.3) is 10.9 Å². The van der Waals surface area contributed by atoms with Crippen molar-refractivity contribution in [2.75, 3.05) is 24.6 Å². The quantitative estimate of drug-likeness (QED) is 0.318. The molecule has 0 radical (unpaired) electrons. The summed E-state index contributed by atoms with van der Waals surface area (Å²) in [5.74, 6) is 2.54. The van der Waals surface area contributed by atoms with Crippen molar-refractivity contribution in [1.29, 1.82) is 0 Å². The molecular formula is C24H26ClN5O3. The van der Waals surface area contributed by atoms with Crippen molar-refractivity contribution in [1.82, 2.24) is 9.97 Å². The number of nitrogens with zero attached hydrogens (tertiary/aromatic N) is 4. The Kier molecular flexibility index (Phi) is 6.03. The molecule has 0 bridgehead atoms. The Morgan fingerprint density at radius 3 is 2.64 bits per heavy atom. The molecule has 0 spiro atoms. The van der Waals surface area contributed by atoms with Crippen LogP contribution in [0.15, 0.2) is 42.5 Å². The second kappa shape index (κ2) is 9.11. The molecule has 1 saturated carbocycles. The van der Waals surface area contributed by atoms with E-state index in [2.05, 4.69) is 33.1 Å². The van der Waals surface area contributed by atoms with Gasteiger partial charge in [-0.05, 0) is 66.8 Å². The predicted octanol–water partition coefficient (Wildman–Crippen LogP) is 4.69. The molecule has 1 aliphatic heterocycles. The maximum absolute atomic E-state index is 11.3. The molecule has 0 amide bonds. The highest BCUT2D eigenvalue weighted by Crippen LogP contribution is 2.38. The molecule has 8 nitrogen and oxygen atoms in total. The fourth-order valence-electron chi connectivity index (χ4n) is 4.91. The fraction of sp³-hybridized carbons (Fsp3) is 0.417. The van der Waals surface area contributed by atoms with E-state index < -0.39 is 4.92 Å². The molecule has 2 aliphatic rings. The van der Waals surface area contributed by atoms with Gasteiger partial charge in [0.1, 0.15) is 11.6 Å². The van der Waals surface area contributed by atoms with Gasteiger partial charge in [-0.15, -0.1) is 0 Å². The standard InChI is InChI=1S/C24H26ClN5O3/c25-24-27-21-6-5-18(30(31)32)13-20(21)23(28-24)29-9-7-16(8-10-29)19-3-1-2-4-22(19)33-14-15-11-17(26)12-15/h1-6,13,15-17H,7-12,14,26H2. The summed E-state index contributed by atoms with van der Waals surface area (Å²) in [6.45, 7) is 2.25. The van der Waals surface area contributed by atoms with E-state index in [1.54, 1.807) is 6.07 Å². The number of hydrogen-bond acceptors (Lipinski definition) is 7. The van der Waals surface area contributed by atoms with Crippen LogP contribution in [-0.2, 0) is 0 Å².